The first kappa shape index (κ1) is 14.0. The second kappa shape index (κ2) is 8.13. The van der Waals surface area contributed by atoms with Crippen LogP contribution in [0, 0.1) is 6.92 Å². The van der Waals surface area contributed by atoms with Crippen LogP contribution in [0.3, 0.4) is 0 Å². The molecular weight excluding hydrogens is 234 g/mol. The number of amides is 1. The SMILES string of the molecule is Cc1ccccc1CC(=O)NCCCCCCl. The summed E-state index contributed by atoms with van der Waals surface area (Å²) < 4.78 is 0. The van der Waals surface area contributed by atoms with E-state index in [0.717, 1.165) is 31.4 Å². The molecule has 0 heterocycles. The van der Waals surface area contributed by atoms with Crippen molar-refractivity contribution in [3.05, 3.63) is 35.4 Å². The maximum atomic E-state index is 11.7. The van der Waals surface area contributed by atoms with Crippen molar-refractivity contribution in [2.24, 2.45) is 0 Å². The summed E-state index contributed by atoms with van der Waals surface area (Å²) in [5.74, 6) is 0.808. The topological polar surface area (TPSA) is 29.1 Å². The molecule has 1 aromatic carbocycles. The third-order valence-electron chi connectivity index (χ3n) is 2.74. The van der Waals surface area contributed by atoms with Gasteiger partial charge in [0.05, 0.1) is 6.42 Å². The van der Waals surface area contributed by atoms with E-state index < -0.39 is 0 Å². The Hall–Kier alpha value is -1.02. The molecule has 0 bridgehead atoms. The Morgan fingerprint density at radius 1 is 1.24 bits per heavy atom. The summed E-state index contributed by atoms with van der Waals surface area (Å²) in [6, 6.07) is 7.99. The van der Waals surface area contributed by atoms with Crippen LogP contribution in [-0.4, -0.2) is 18.3 Å². The number of rotatable bonds is 7. The smallest absolute Gasteiger partial charge is 0.224 e. The number of alkyl halides is 1. The molecule has 0 saturated heterocycles. The Balaban J connectivity index is 2.23. The van der Waals surface area contributed by atoms with Gasteiger partial charge >= 0.3 is 0 Å². The largest absolute Gasteiger partial charge is 0.356 e. The minimum Gasteiger partial charge on any atom is -0.356 e. The fourth-order valence-corrected chi connectivity index (χ4v) is 1.86. The second-order valence-electron chi connectivity index (χ2n) is 4.20. The van der Waals surface area contributed by atoms with Crippen molar-refractivity contribution < 1.29 is 4.79 Å². The predicted octanol–water partition coefficient (Wildman–Crippen LogP) is 3.06. The number of nitrogens with one attached hydrogen (secondary N) is 1. The molecule has 94 valence electrons. The lowest BCUT2D eigenvalue weighted by molar-refractivity contribution is -0.120. The summed E-state index contributed by atoms with van der Waals surface area (Å²) in [6.45, 7) is 2.78. The molecule has 0 radical (unpaired) electrons. The average molecular weight is 254 g/mol. The zero-order chi connectivity index (χ0) is 12.5. The number of unbranched alkanes of at least 4 members (excludes halogenated alkanes) is 2. The molecular formula is C14H20ClNO. The van der Waals surface area contributed by atoms with Gasteiger partial charge < -0.3 is 5.32 Å². The van der Waals surface area contributed by atoms with Gasteiger partial charge in [0, 0.05) is 12.4 Å². The number of benzene rings is 1. The van der Waals surface area contributed by atoms with Gasteiger partial charge in [-0.15, -0.1) is 11.6 Å². The molecule has 0 aliphatic rings. The fourth-order valence-electron chi connectivity index (χ4n) is 1.67. The van der Waals surface area contributed by atoms with Crippen LogP contribution in [-0.2, 0) is 11.2 Å². The first-order chi connectivity index (χ1) is 8.24. The lowest BCUT2D eigenvalue weighted by Crippen LogP contribution is -2.26. The number of aryl methyl sites for hydroxylation is 1. The molecule has 1 rings (SSSR count). The maximum Gasteiger partial charge on any atom is 0.224 e. The minimum atomic E-state index is 0.102. The van der Waals surface area contributed by atoms with Gasteiger partial charge in [0.25, 0.3) is 0 Å². The van der Waals surface area contributed by atoms with Gasteiger partial charge in [0.15, 0.2) is 0 Å². The normalized spacial score (nSPS) is 10.2. The highest BCUT2D eigenvalue weighted by Crippen LogP contribution is 2.07. The van der Waals surface area contributed by atoms with Crippen molar-refractivity contribution in [3.8, 4) is 0 Å². The van der Waals surface area contributed by atoms with Crippen molar-refractivity contribution in [1.29, 1.82) is 0 Å². The summed E-state index contributed by atoms with van der Waals surface area (Å²) in [6.07, 6.45) is 3.58. The van der Waals surface area contributed by atoms with E-state index in [1.807, 2.05) is 31.2 Å². The van der Waals surface area contributed by atoms with E-state index in [1.54, 1.807) is 0 Å². The number of hydrogen-bond acceptors (Lipinski definition) is 1. The molecule has 1 amide bonds. The highest BCUT2D eigenvalue weighted by Gasteiger charge is 2.04. The Bertz CT molecular complexity index is 352. The van der Waals surface area contributed by atoms with E-state index in [4.69, 9.17) is 11.6 Å². The molecule has 0 aromatic heterocycles. The quantitative estimate of drug-likeness (QED) is 0.587. The standard InChI is InChI=1S/C14H20ClNO/c1-12-7-3-4-8-13(12)11-14(17)16-10-6-2-5-9-15/h3-4,7-8H,2,5-6,9-11H2,1H3,(H,16,17). The molecule has 0 spiro atoms. The van der Waals surface area contributed by atoms with Crippen LogP contribution in [0.2, 0.25) is 0 Å². The molecule has 1 N–H and O–H groups in total. The Morgan fingerprint density at radius 2 is 2.00 bits per heavy atom. The van der Waals surface area contributed by atoms with Crippen LogP contribution in [0.4, 0.5) is 0 Å². The first-order valence-electron chi connectivity index (χ1n) is 6.11. The molecule has 3 heteroatoms. The third kappa shape index (κ3) is 5.73. The molecule has 0 saturated carbocycles. The first-order valence-corrected chi connectivity index (χ1v) is 6.64. The Kier molecular flexibility index (Phi) is 6.71. The van der Waals surface area contributed by atoms with Gasteiger partial charge in [-0.25, -0.2) is 0 Å². The van der Waals surface area contributed by atoms with Crippen LogP contribution in [0.1, 0.15) is 30.4 Å². The van der Waals surface area contributed by atoms with E-state index >= 15 is 0 Å². The summed E-state index contributed by atoms with van der Waals surface area (Å²) in [4.78, 5) is 11.7. The number of hydrogen-bond donors (Lipinski definition) is 1. The molecule has 17 heavy (non-hydrogen) atoms. The van der Waals surface area contributed by atoms with E-state index in [0.29, 0.717) is 12.3 Å². The lowest BCUT2D eigenvalue weighted by atomic mass is 10.1. The lowest BCUT2D eigenvalue weighted by Gasteiger charge is -2.07. The van der Waals surface area contributed by atoms with Crippen molar-refractivity contribution in [3.63, 3.8) is 0 Å². The molecule has 1 aromatic rings. The molecule has 0 atom stereocenters. The van der Waals surface area contributed by atoms with Gasteiger partial charge in [0.2, 0.25) is 5.91 Å². The van der Waals surface area contributed by atoms with Gasteiger partial charge in [-0.05, 0) is 30.9 Å². The second-order valence-corrected chi connectivity index (χ2v) is 4.58. The molecule has 2 nitrogen and oxygen atoms in total. The van der Waals surface area contributed by atoms with Crippen LogP contribution in [0.25, 0.3) is 0 Å². The summed E-state index contributed by atoms with van der Waals surface area (Å²) >= 11 is 5.58. The third-order valence-corrected chi connectivity index (χ3v) is 3.01. The van der Waals surface area contributed by atoms with Crippen LogP contribution >= 0.6 is 11.6 Å². The number of carbonyl (C=O) groups excluding carboxylic acids is 1. The van der Waals surface area contributed by atoms with Crippen molar-refractivity contribution in [2.75, 3.05) is 12.4 Å². The van der Waals surface area contributed by atoms with E-state index in [9.17, 15) is 4.79 Å². The molecule has 0 aliphatic heterocycles. The van der Waals surface area contributed by atoms with Crippen LogP contribution < -0.4 is 5.32 Å². The summed E-state index contributed by atoms with van der Waals surface area (Å²) in [5, 5.41) is 2.94. The van der Waals surface area contributed by atoms with Gasteiger partial charge in [-0.3, -0.25) is 4.79 Å². The maximum absolute atomic E-state index is 11.7. The van der Waals surface area contributed by atoms with Gasteiger partial charge in [0.1, 0.15) is 0 Å². The van der Waals surface area contributed by atoms with Crippen LogP contribution in [0.15, 0.2) is 24.3 Å². The highest BCUT2D eigenvalue weighted by molar-refractivity contribution is 6.17. The summed E-state index contributed by atoms with van der Waals surface area (Å²) in [5.41, 5.74) is 2.27. The molecule has 0 unspecified atom stereocenters. The van der Waals surface area contributed by atoms with E-state index in [2.05, 4.69) is 5.32 Å². The Labute approximate surface area is 108 Å². The Morgan fingerprint density at radius 3 is 2.71 bits per heavy atom. The van der Waals surface area contributed by atoms with E-state index in [-0.39, 0.29) is 5.91 Å². The van der Waals surface area contributed by atoms with Crippen molar-refractivity contribution in [2.45, 2.75) is 32.6 Å². The zero-order valence-electron chi connectivity index (χ0n) is 10.3. The van der Waals surface area contributed by atoms with Crippen molar-refractivity contribution in [1.82, 2.24) is 5.32 Å². The van der Waals surface area contributed by atoms with E-state index in [1.165, 1.54) is 5.56 Å². The van der Waals surface area contributed by atoms with Gasteiger partial charge in [-0.2, -0.15) is 0 Å². The van der Waals surface area contributed by atoms with Gasteiger partial charge in [-0.1, -0.05) is 30.7 Å². The monoisotopic (exact) mass is 253 g/mol. The number of halogens is 1. The van der Waals surface area contributed by atoms with Crippen molar-refractivity contribution >= 4 is 17.5 Å². The predicted molar refractivity (Wildman–Crippen MR) is 72.5 cm³/mol. The summed E-state index contributed by atoms with van der Waals surface area (Å²) in [7, 11) is 0. The minimum absolute atomic E-state index is 0.102. The average Bonchev–Trinajstić information content (AvgIpc) is 2.32. The highest BCUT2D eigenvalue weighted by atomic mass is 35.5. The fraction of sp³-hybridized carbons (Fsp3) is 0.500. The number of carbonyl (C=O) groups is 1. The zero-order valence-corrected chi connectivity index (χ0v) is 11.1. The van der Waals surface area contributed by atoms with Crippen LogP contribution in [0.5, 0.6) is 0 Å². The molecule has 0 fully saturated rings. The molecule has 0 aliphatic carbocycles.